The molecule has 0 fully saturated rings. The molecule has 0 atom stereocenters. The number of fused-ring (bicyclic) bond motifs is 2. The molecular weight excluding hydrogens is 402 g/mol. The van der Waals surface area contributed by atoms with Crippen molar-refractivity contribution in [3.63, 3.8) is 0 Å². The number of hydrogen-bond acceptors (Lipinski definition) is 6. The Morgan fingerprint density at radius 2 is 1.83 bits per heavy atom. The maximum absolute atomic E-state index is 13.6. The van der Waals surface area contributed by atoms with Crippen LogP contribution in [0.4, 0.5) is 8.78 Å². The molecule has 0 aliphatic rings. The third kappa shape index (κ3) is 3.51. The van der Waals surface area contributed by atoms with Crippen molar-refractivity contribution in [3.8, 4) is 11.5 Å². The topological polar surface area (TPSA) is 82.0 Å². The van der Waals surface area contributed by atoms with Crippen LogP contribution in [0.3, 0.4) is 0 Å². The number of nitrogens with zero attached hydrogens (tertiary/aromatic N) is 3. The molecule has 2 aromatic carbocycles. The van der Waals surface area contributed by atoms with E-state index in [1.54, 1.807) is 36.4 Å². The number of aromatic nitrogens is 4. The third-order valence-corrected chi connectivity index (χ3v) is 5.32. The predicted molar refractivity (Wildman–Crippen MR) is 106 cm³/mol. The summed E-state index contributed by atoms with van der Waals surface area (Å²) >= 11 is 1.07. The van der Waals surface area contributed by atoms with Crippen LogP contribution in [0.25, 0.3) is 21.9 Å². The van der Waals surface area contributed by atoms with Crippen molar-refractivity contribution >= 4 is 33.7 Å². The zero-order valence-corrected chi connectivity index (χ0v) is 16.3. The second kappa shape index (κ2) is 7.70. The number of aromatic amines is 1. The van der Waals surface area contributed by atoms with E-state index >= 15 is 0 Å². The molecule has 4 rings (SSSR count). The summed E-state index contributed by atoms with van der Waals surface area (Å²) in [6, 6.07) is 9.84. The lowest BCUT2D eigenvalue weighted by Gasteiger charge is -2.10. The molecule has 0 aliphatic heterocycles. The van der Waals surface area contributed by atoms with Crippen LogP contribution in [-0.4, -0.2) is 33.7 Å². The zero-order chi connectivity index (χ0) is 20.5. The fourth-order valence-electron chi connectivity index (χ4n) is 3.03. The fraction of sp³-hybridized carbons (Fsp3) is 0.211. The molecule has 10 heteroatoms. The summed E-state index contributed by atoms with van der Waals surface area (Å²) in [6.07, 6.45) is 0. The van der Waals surface area contributed by atoms with Gasteiger partial charge in [-0.2, -0.15) is 8.78 Å². The molecule has 0 spiro atoms. The van der Waals surface area contributed by atoms with Crippen LogP contribution in [0.5, 0.6) is 11.5 Å². The van der Waals surface area contributed by atoms with Gasteiger partial charge in [0.25, 0.3) is 5.56 Å². The fourth-order valence-corrected chi connectivity index (χ4v) is 3.91. The number of hydrogen-bond donors (Lipinski definition) is 1. The number of methoxy groups -OCH3 is 2. The number of thioether (sulfide) groups is 1. The Labute approximate surface area is 167 Å². The first-order valence-corrected chi connectivity index (χ1v) is 9.53. The van der Waals surface area contributed by atoms with Gasteiger partial charge in [0, 0.05) is 6.07 Å². The first-order valence-electron chi connectivity index (χ1n) is 8.54. The van der Waals surface area contributed by atoms with Gasteiger partial charge in [0.1, 0.15) is 5.82 Å². The normalized spacial score (nSPS) is 11.5. The molecule has 29 heavy (non-hydrogen) atoms. The minimum Gasteiger partial charge on any atom is -0.493 e. The largest absolute Gasteiger partial charge is 0.493 e. The second-order valence-corrected chi connectivity index (χ2v) is 7.00. The average molecular weight is 418 g/mol. The van der Waals surface area contributed by atoms with E-state index in [4.69, 9.17) is 9.47 Å². The van der Waals surface area contributed by atoms with Gasteiger partial charge in [-0.1, -0.05) is 23.9 Å². The molecule has 1 N–H and O–H groups in total. The quantitative estimate of drug-likeness (QED) is 0.477. The highest BCUT2D eigenvalue weighted by atomic mass is 32.2. The van der Waals surface area contributed by atoms with Crippen LogP contribution in [0.15, 0.2) is 46.3 Å². The van der Waals surface area contributed by atoms with Gasteiger partial charge in [0.2, 0.25) is 0 Å². The first kappa shape index (κ1) is 19.2. The molecule has 0 radical (unpaired) electrons. The number of alkyl halides is 2. The molecule has 0 saturated carbocycles. The Bertz CT molecular complexity index is 1260. The molecule has 150 valence electrons. The minimum absolute atomic E-state index is 0.149. The van der Waals surface area contributed by atoms with E-state index in [1.165, 1.54) is 14.2 Å². The van der Waals surface area contributed by atoms with Gasteiger partial charge in [-0.3, -0.25) is 9.36 Å². The summed E-state index contributed by atoms with van der Waals surface area (Å²) in [5.74, 6) is 1.36. The SMILES string of the molecule is COc1cc2nc(CSc3nc4ccccc4n3C(F)F)[nH]c(=O)c2cc1OC. The summed E-state index contributed by atoms with van der Waals surface area (Å²) in [7, 11) is 2.97. The van der Waals surface area contributed by atoms with E-state index < -0.39 is 6.55 Å². The van der Waals surface area contributed by atoms with Crippen molar-refractivity contribution in [1.82, 2.24) is 19.5 Å². The highest BCUT2D eigenvalue weighted by molar-refractivity contribution is 7.98. The monoisotopic (exact) mass is 418 g/mol. The average Bonchev–Trinajstić information content (AvgIpc) is 3.10. The van der Waals surface area contributed by atoms with Crippen molar-refractivity contribution in [3.05, 3.63) is 52.6 Å². The van der Waals surface area contributed by atoms with E-state index in [2.05, 4.69) is 15.0 Å². The smallest absolute Gasteiger partial charge is 0.321 e. The van der Waals surface area contributed by atoms with Crippen LogP contribution in [0.1, 0.15) is 12.4 Å². The zero-order valence-electron chi connectivity index (χ0n) is 15.5. The van der Waals surface area contributed by atoms with E-state index in [0.717, 1.165) is 16.3 Å². The number of ether oxygens (including phenoxy) is 2. The highest BCUT2D eigenvalue weighted by Crippen LogP contribution is 2.32. The van der Waals surface area contributed by atoms with Gasteiger partial charge < -0.3 is 14.5 Å². The highest BCUT2D eigenvalue weighted by Gasteiger charge is 2.18. The van der Waals surface area contributed by atoms with E-state index in [1.807, 2.05) is 0 Å². The summed E-state index contributed by atoms with van der Waals surface area (Å²) in [6.45, 7) is -2.73. The van der Waals surface area contributed by atoms with E-state index in [0.29, 0.717) is 39.3 Å². The number of halogens is 2. The van der Waals surface area contributed by atoms with E-state index in [-0.39, 0.29) is 16.5 Å². The van der Waals surface area contributed by atoms with Gasteiger partial charge in [-0.25, -0.2) is 9.97 Å². The van der Waals surface area contributed by atoms with Crippen LogP contribution < -0.4 is 15.0 Å². The summed E-state index contributed by atoms with van der Waals surface area (Å²) in [4.78, 5) is 23.8. The van der Waals surface area contributed by atoms with Crippen molar-refractivity contribution in [1.29, 1.82) is 0 Å². The number of benzene rings is 2. The molecule has 0 amide bonds. The molecular formula is C19H16F2N4O3S. The molecule has 7 nitrogen and oxygen atoms in total. The van der Waals surface area contributed by atoms with Crippen molar-refractivity contribution < 1.29 is 18.3 Å². The van der Waals surface area contributed by atoms with Crippen LogP contribution >= 0.6 is 11.8 Å². The predicted octanol–water partition coefficient (Wildman–Crippen LogP) is 3.98. The molecule has 4 aromatic rings. The Morgan fingerprint density at radius 3 is 2.55 bits per heavy atom. The maximum Gasteiger partial charge on any atom is 0.321 e. The molecule has 0 saturated heterocycles. The summed E-state index contributed by atoms with van der Waals surface area (Å²) in [5.41, 5.74) is 0.896. The number of imidazole rings is 1. The van der Waals surface area contributed by atoms with Crippen molar-refractivity contribution in [2.75, 3.05) is 14.2 Å². The maximum atomic E-state index is 13.6. The van der Waals surface area contributed by atoms with Crippen molar-refractivity contribution in [2.45, 2.75) is 17.5 Å². The molecule has 2 heterocycles. The Kier molecular flexibility index (Phi) is 5.10. The summed E-state index contributed by atoms with van der Waals surface area (Å²) in [5, 5.41) is 0.493. The number of para-hydroxylation sites is 2. The van der Waals surface area contributed by atoms with Crippen LogP contribution in [0, 0.1) is 0 Å². The lowest BCUT2D eigenvalue weighted by atomic mass is 10.2. The standard InChI is InChI=1S/C19H16F2N4O3S/c1-27-14-7-10-12(8-15(14)28-2)22-16(24-17(10)26)9-29-19-23-11-5-3-4-6-13(11)25(19)18(20)21/h3-8,18H,9H2,1-2H3,(H,22,24,26). The molecule has 0 unspecified atom stereocenters. The number of H-pyrrole nitrogens is 1. The molecule has 0 aliphatic carbocycles. The molecule has 2 aromatic heterocycles. The van der Waals surface area contributed by atoms with Gasteiger partial charge in [-0.15, -0.1) is 0 Å². The van der Waals surface area contributed by atoms with E-state index in [9.17, 15) is 13.6 Å². The number of rotatable bonds is 6. The van der Waals surface area contributed by atoms with Crippen LogP contribution in [0.2, 0.25) is 0 Å². The Morgan fingerprint density at radius 1 is 1.10 bits per heavy atom. The first-order chi connectivity index (χ1) is 14.0. The van der Waals surface area contributed by atoms with Crippen molar-refractivity contribution in [2.24, 2.45) is 0 Å². The second-order valence-electron chi connectivity index (χ2n) is 6.06. The number of nitrogens with one attached hydrogen (secondary N) is 1. The summed E-state index contributed by atoms with van der Waals surface area (Å²) < 4.78 is 38.4. The Balaban J connectivity index is 1.69. The lowest BCUT2D eigenvalue weighted by Crippen LogP contribution is -2.12. The Hall–Kier alpha value is -3.14. The lowest BCUT2D eigenvalue weighted by molar-refractivity contribution is 0.0656. The molecule has 0 bridgehead atoms. The minimum atomic E-state index is -2.73. The van der Waals surface area contributed by atoms with Gasteiger partial charge in [0.05, 0.1) is 41.9 Å². The van der Waals surface area contributed by atoms with Crippen LogP contribution in [-0.2, 0) is 5.75 Å². The van der Waals surface area contributed by atoms with Gasteiger partial charge >= 0.3 is 6.55 Å². The van der Waals surface area contributed by atoms with Gasteiger partial charge in [-0.05, 0) is 18.2 Å². The third-order valence-electron chi connectivity index (χ3n) is 4.36. The van der Waals surface area contributed by atoms with Gasteiger partial charge in [0.15, 0.2) is 16.7 Å².